The van der Waals surface area contributed by atoms with Crippen molar-refractivity contribution in [1.29, 1.82) is 0 Å². The minimum absolute atomic E-state index is 0.0511. The minimum Gasteiger partial charge on any atom is -0.496 e. The van der Waals surface area contributed by atoms with Gasteiger partial charge in [0.1, 0.15) is 11.9 Å². The monoisotopic (exact) mass is 550 g/mol. The van der Waals surface area contributed by atoms with Gasteiger partial charge in [0.15, 0.2) is 0 Å². The van der Waals surface area contributed by atoms with Crippen molar-refractivity contribution in [3.63, 3.8) is 0 Å². The summed E-state index contributed by atoms with van der Waals surface area (Å²) in [5.74, 6) is 0.885. The van der Waals surface area contributed by atoms with Crippen molar-refractivity contribution in [2.75, 3.05) is 7.11 Å². The molecule has 0 N–H and O–H groups in total. The number of ether oxygens (including phenoxy) is 2. The SMILES string of the molecule is COc1ccccc1-c1ccc(C2CC2)nc1CN1C(=O)O[C@H](c2cc(C(F)(F)F)cc(C(F)(F)F)c2)[C@@H]1C. The molecule has 1 aliphatic carbocycles. The summed E-state index contributed by atoms with van der Waals surface area (Å²) in [5.41, 5.74) is -0.516. The first-order valence-electron chi connectivity index (χ1n) is 12.3. The zero-order chi connectivity index (χ0) is 28.1. The molecule has 1 saturated heterocycles. The summed E-state index contributed by atoms with van der Waals surface area (Å²) >= 11 is 0. The largest absolute Gasteiger partial charge is 0.496 e. The Bertz CT molecular complexity index is 1370. The van der Waals surface area contributed by atoms with Gasteiger partial charge in [-0.15, -0.1) is 0 Å². The maximum absolute atomic E-state index is 13.4. The third-order valence-electron chi connectivity index (χ3n) is 7.04. The van der Waals surface area contributed by atoms with E-state index in [0.717, 1.165) is 24.1 Å². The average molecular weight is 550 g/mol. The van der Waals surface area contributed by atoms with Gasteiger partial charge in [-0.2, -0.15) is 26.3 Å². The van der Waals surface area contributed by atoms with Crippen molar-refractivity contribution in [2.45, 2.75) is 56.7 Å². The maximum atomic E-state index is 13.4. The van der Waals surface area contributed by atoms with Gasteiger partial charge in [-0.1, -0.05) is 24.3 Å². The van der Waals surface area contributed by atoms with E-state index in [9.17, 15) is 31.1 Å². The number of carbonyl (C=O) groups is 1. The molecule has 2 aliphatic rings. The number of nitrogens with zero attached hydrogens (tertiary/aromatic N) is 2. The molecule has 0 unspecified atom stereocenters. The number of cyclic esters (lactones) is 1. The zero-order valence-corrected chi connectivity index (χ0v) is 20.9. The number of para-hydroxylation sites is 1. The molecule has 39 heavy (non-hydrogen) atoms. The molecule has 2 aromatic carbocycles. The number of aromatic nitrogens is 1. The molecule has 1 aliphatic heterocycles. The number of hydrogen-bond acceptors (Lipinski definition) is 4. The highest BCUT2D eigenvalue weighted by molar-refractivity contribution is 5.75. The van der Waals surface area contributed by atoms with Gasteiger partial charge in [0.05, 0.1) is 36.5 Å². The van der Waals surface area contributed by atoms with Gasteiger partial charge in [0, 0.05) is 22.7 Å². The van der Waals surface area contributed by atoms with E-state index in [1.807, 2.05) is 30.3 Å². The number of hydrogen-bond donors (Lipinski definition) is 0. The lowest BCUT2D eigenvalue weighted by Gasteiger charge is -2.23. The molecule has 1 saturated carbocycles. The summed E-state index contributed by atoms with van der Waals surface area (Å²) in [5, 5.41) is 0. The van der Waals surface area contributed by atoms with Crippen molar-refractivity contribution >= 4 is 6.09 Å². The highest BCUT2D eigenvalue weighted by atomic mass is 19.4. The smallest absolute Gasteiger partial charge is 0.416 e. The van der Waals surface area contributed by atoms with E-state index < -0.39 is 41.7 Å². The number of alkyl halides is 6. The molecule has 0 radical (unpaired) electrons. The van der Waals surface area contributed by atoms with Crippen molar-refractivity contribution in [3.8, 4) is 16.9 Å². The van der Waals surface area contributed by atoms with Gasteiger partial charge in [0.25, 0.3) is 0 Å². The number of rotatable bonds is 6. The van der Waals surface area contributed by atoms with E-state index >= 15 is 0 Å². The maximum Gasteiger partial charge on any atom is 0.416 e. The topological polar surface area (TPSA) is 51.7 Å². The summed E-state index contributed by atoms with van der Waals surface area (Å²) in [4.78, 5) is 19.0. The molecule has 2 fully saturated rings. The van der Waals surface area contributed by atoms with E-state index in [1.165, 1.54) is 18.9 Å². The highest BCUT2D eigenvalue weighted by Crippen LogP contribution is 2.43. The summed E-state index contributed by atoms with van der Waals surface area (Å²) in [7, 11) is 1.53. The van der Waals surface area contributed by atoms with Crippen molar-refractivity contribution in [1.82, 2.24) is 9.88 Å². The number of benzene rings is 2. The van der Waals surface area contributed by atoms with Crippen LogP contribution in [0.5, 0.6) is 5.75 Å². The normalized spacial score (nSPS) is 19.8. The van der Waals surface area contributed by atoms with Crippen LogP contribution < -0.4 is 4.74 Å². The molecule has 2 heterocycles. The molecule has 0 bridgehead atoms. The van der Waals surface area contributed by atoms with Gasteiger partial charge in [0.2, 0.25) is 0 Å². The molecule has 0 spiro atoms. The number of pyridine rings is 1. The van der Waals surface area contributed by atoms with Crippen LogP contribution in [-0.2, 0) is 23.6 Å². The zero-order valence-electron chi connectivity index (χ0n) is 20.9. The number of carbonyl (C=O) groups excluding carboxylic acids is 1. The molecular formula is C28H24F6N2O3. The molecule has 5 nitrogen and oxygen atoms in total. The Balaban J connectivity index is 1.51. The van der Waals surface area contributed by atoms with Crippen LogP contribution in [0.15, 0.2) is 54.6 Å². The first-order chi connectivity index (χ1) is 18.4. The fraction of sp³-hybridized carbons (Fsp3) is 0.357. The lowest BCUT2D eigenvalue weighted by Crippen LogP contribution is -2.32. The van der Waals surface area contributed by atoms with Crippen LogP contribution in [0, 0.1) is 0 Å². The Kier molecular flexibility index (Phi) is 6.72. The Morgan fingerprint density at radius 2 is 1.59 bits per heavy atom. The standard InChI is InChI=1S/C28H24F6N2O3/c1-15-25(17-11-18(27(29,30)31)13-19(12-17)28(32,33)34)39-26(37)36(15)14-23-20(9-10-22(35-23)16-7-8-16)21-5-3-4-6-24(21)38-2/h3-6,9-13,15-16,25H,7-8,14H2,1-2H3/t15-,25-/m0/s1. The molecule has 1 aromatic heterocycles. The predicted molar refractivity (Wildman–Crippen MR) is 129 cm³/mol. The lowest BCUT2D eigenvalue weighted by atomic mass is 9.97. The Hall–Kier alpha value is -3.76. The first-order valence-corrected chi connectivity index (χ1v) is 12.3. The summed E-state index contributed by atoms with van der Waals surface area (Å²) < 4.78 is 91.4. The van der Waals surface area contributed by atoms with Crippen LogP contribution in [0.3, 0.4) is 0 Å². The van der Waals surface area contributed by atoms with Gasteiger partial charge in [-0.25, -0.2) is 4.79 Å². The van der Waals surface area contributed by atoms with E-state index in [1.54, 1.807) is 6.07 Å². The summed E-state index contributed by atoms with van der Waals surface area (Å²) in [6.45, 7) is 1.46. The van der Waals surface area contributed by atoms with Crippen LogP contribution in [-0.4, -0.2) is 29.1 Å². The second-order valence-electron chi connectivity index (χ2n) is 9.72. The number of methoxy groups -OCH3 is 1. The highest BCUT2D eigenvalue weighted by Gasteiger charge is 2.43. The van der Waals surface area contributed by atoms with Crippen LogP contribution >= 0.6 is 0 Å². The van der Waals surface area contributed by atoms with Crippen LogP contribution in [0.25, 0.3) is 11.1 Å². The second kappa shape index (κ2) is 9.77. The third-order valence-corrected chi connectivity index (χ3v) is 7.04. The van der Waals surface area contributed by atoms with Gasteiger partial charge in [-0.3, -0.25) is 9.88 Å². The van der Waals surface area contributed by atoms with Gasteiger partial charge >= 0.3 is 18.4 Å². The van der Waals surface area contributed by atoms with Gasteiger partial charge in [-0.05, 0) is 55.7 Å². The van der Waals surface area contributed by atoms with Crippen LogP contribution in [0.4, 0.5) is 31.1 Å². The first kappa shape index (κ1) is 26.8. The van der Waals surface area contributed by atoms with Crippen molar-refractivity contribution in [2.24, 2.45) is 0 Å². The van der Waals surface area contributed by atoms with E-state index in [0.29, 0.717) is 35.1 Å². The van der Waals surface area contributed by atoms with Crippen molar-refractivity contribution in [3.05, 3.63) is 82.7 Å². The molecule has 5 rings (SSSR count). The van der Waals surface area contributed by atoms with Gasteiger partial charge < -0.3 is 9.47 Å². The molecule has 1 amide bonds. The third kappa shape index (κ3) is 5.39. The Labute approximate surface area is 220 Å². The lowest BCUT2D eigenvalue weighted by molar-refractivity contribution is -0.143. The van der Waals surface area contributed by atoms with Crippen molar-refractivity contribution < 1.29 is 40.6 Å². The fourth-order valence-corrected chi connectivity index (χ4v) is 4.82. The average Bonchev–Trinajstić information content (AvgIpc) is 3.70. The fourth-order valence-electron chi connectivity index (χ4n) is 4.82. The van der Waals surface area contributed by atoms with Crippen LogP contribution in [0.1, 0.15) is 59.9 Å². The summed E-state index contributed by atoms with van der Waals surface area (Å²) in [6, 6.07) is 11.4. The van der Waals surface area contributed by atoms with E-state index in [4.69, 9.17) is 14.5 Å². The Morgan fingerprint density at radius 1 is 0.949 bits per heavy atom. The molecular weight excluding hydrogens is 526 g/mol. The molecule has 206 valence electrons. The van der Waals surface area contributed by atoms with Crippen LogP contribution in [0.2, 0.25) is 0 Å². The quantitative estimate of drug-likeness (QED) is 0.295. The Morgan fingerprint density at radius 3 is 2.18 bits per heavy atom. The predicted octanol–water partition coefficient (Wildman–Crippen LogP) is 7.75. The molecule has 11 heteroatoms. The minimum atomic E-state index is -5.02. The second-order valence-corrected chi connectivity index (χ2v) is 9.72. The van der Waals surface area contributed by atoms with E-state index in [2.05, 4.69) is 0 Å². The number of halogens is 6. The molecule has 2 atom stereocenters. The molecule has 3 aromatic rings. The summed E-state index contributed by atoms with van der Waals surface area (Å²) in [6.07, 6.45) is -10.3. The van der Waals surface area contributed by atoms with E-state index in [-0.39, 0.29) is 18.2 Å². The number of amides is 1.